The van der Waals surface area contributed by atoms with E-state index in [1.165, 1.54) is 23.5 Å². The van der Waals surface area contributed by atoms with Crippen LogP contribution in [0.3, 0.4) is 0 Å². The summed E-state index contributed by atoms with van der Waals surface area (Å²) in [6.45, 7) is 0. The molecule has 0 aliphatic heterocycles. The Morgan fingerprint density at radius 2 is 1.85 bits per heavy atom. The van der Waals surface area contributed by atoms with Crippen molar-refractivity contribution in [2.24, 2.45) is 0 Å². The highest BCUT2D eigenvalue weighted by molar-refractivity contribution is 7.20. The Bertz CT molecular complexity index is 777. The van der Waals surface area contributed by atoms with Gasteiger partial charge in [-0.1, -0.05) is 29.8 Å². The molecule has 0 atom stereocenters. The second-order valence-corrected chi connectivity index (χ2v) is 6.04. The van der Waals surface area contributed by atoms with Crippen LogP contribution in [-0.4, -0.2) is 5.78 Å². The van der Waals surface area contributed by atoms with Crippen molar-refractivity contribution in [3.63, 3.8) is 0 Å². The summed E-state index contributed by atoms with van der Waals surface area (Å²) in [4.78, 5) is 12.9. The Balaban J connectivity index is 1.86. The van der Waals surface area contributed by atoms with E-state index in [1.54, 1.807) is 18.2 Å². The fourth-order valence-electron chi connectivity index (χ4n) is 2.02. The molecule has 2 aromatic carbocycles. The number of carbonyl (C=O) groups excluding carboxylic acids is 1. The maximum atomic E-state index is 13.1. The van der Waals surface area contributed by atoms with Crippen LogP contribution in [0.5, 0.6) is 0 Å². The molecule has 0 unspecified atom stereocenters. The number of thiophene rings is 1. The maximum absolute atomic E-state index is 13.1. The number of Topliss-reactive ketones (excluding diaryl/α,β-unsaturated/α-hetero) is 1. The fourth-order valence-corrected chi connectivity index (χ4v) is 3.17. The van der Waals surface area contributed by atoms with Gasteiger partial charge in [-0.3, -0.25) is 4.79 Å². The number of rotatable bonds is 3. The summed E-state index contributed by atoms with van der Waals surface area (Å²) in [6.07, 6.45) is 0.326. The van der Waals surface area contributed by atoms with Gasteiger partial charge in [0.05, 0.1) is 4.88 Å². The van der Waals surface area contributed by atoms with E-state index in [0.717, 1.165) is 15.6 Å². The van der Waals surface area contributed by atoms with Crippen molar-refractivity contribution in [3.05, 3.63) is 69.8 Å². The quantitative estimate of drug-likeness (QED) is 0.614. The summed E-state index contributed by atoms with van der Waals surface area (Å²) < 4.78 is 13.9. The molecule has 1 heterocycles. The van der Waals surface area contributed by atoms with Gasteiger partial charge < -0.3 is 0 Å². The molecule has 0 bridgehead atoms. The highest BCUT2D eigenvalue weighted by atomic mass is 35.5. The molecule has 3 rings (SSSR count). The van der Waals surface area contributed by atoms with Crippen LogP contribution in [0.15, 0.2) is 48.5 Å². The summed E-state index contributed by atoms with van der Waals surface area (Å²) in [5.41, 5.74) is 0.919. The first kappa shape index (κ1) is 13.3. The summed E-state index contributed by atoms with van der Waals surface area (Å²) in [6, 6.07) is 13.6. The zero-order valence-corrected chi connectivity index (χ0v) is 12.0. The van der Waals surface area contributed by atoms with E-state index in [-0.39, 0.29) is 11.6 Å². The fraction of sp³-hybridized carbons (Fsp3) is 0.0625. The van der Waals surface area contributed by atoms with E-state index in [1.807, 2.05) is 18.2 Å². The second kappa shape index (κ2) is 5.35. The Kier molecular flexibility index (Phi) is 3.55. The first-order chi connectivity index (χ1) is 9.61. The highest BCUT2D eigenvalue weighted by Crippen LogP contribution is 2.27. The monoisotopic (exact) mass is 304 g/mol. The van der Waals surface area contributed by atoms with E-state index in [9.17, 15) is 9.18 Å². The first-order valence-electron chi connectivity index (χ1n) is 6.08. The number of hydrogen-bond donors (Lipinski definition) is 0. The first-order valence-corrected chi connectivity index (χ1v) is 7.28. The Morgan fingerprint density at radius 1 is 1.10 bits per heavy atom. The van der Waals surface area contributed by atoms with Crippen LogP contribution in [0.1, 0.15) is 15.2 Å². The lowest BCUT2D eigenvalue weighted by molar-refractivity contribution is 0.0997. The standard InChI is InChI=1S/C16H10ClFOS/c17-12-4-1-10(2-5-12)7-14(19)16-8-11-3-6-13(18)9-15(11)20-16/h1-6,8-9H,7H2. The molecule has 0 N–H and O–H groups in total. The molecular weight excluding hydrogens is 295 g/mol. The van der Waals surface area contributed by atoms with Crippen molar-refractivity contribution < 1.29 is 9.18 Å². The van der Waals surface area contributed by atoms with Gasteiger partial charge in [-0.15, -0.1) is 11.3 Å². The van der Waals surface area contributed by atoms with Crippen molar-refractivity contribution in [1.82, 2.24) is 0 Å². The van der Waals surface area contributed by atoms with Crippen molar-refractivity contribution in [1.29, 1.82) is 0 Å². The predicted octanol–water partition coefficient (Wildman–Crippen LogP) is 5.12. The number of hydrogen-bond acceptors (Lipinski definition) is 2. The minimum atomic E-state index is -0.281. The smallest absolute Gasteiger partial charge is 0.177 e. The average molecular weight is 305 g/mol. The van der Waals surface area contributed by atoms with Crippen molar-refractivity contribution in [2.45, 2.75) is 6.42 Å². The lowest BCUT2D eigenvalue weighted by Gasteiger charge is -1.99. The zero-order chi connectivity index (χ0) is 14.1. The van der Waals surface area contributed by atoms with E-state index >= 15 is 0 Å². The summed E-state index contributed by atoms with van der Waals surface area (Å²) in [5, 5.41) is 1.55. The minimum Gasteiger partial charge on any atom is -0.293 e. The molecule has 100 valence electrons. The van der Waals surface area contributed by atoms with Crippen molar-refractivity contribution in [3.8, 4) is 0 Å². The molecule has 20 heavy (non-hydrogen) atoms. The van der Waals surface area contributed by atoms with Gasteiger partial charge in [-0.2, -0.15) is 0 Å². The molecule has 0 amide bonds. The SMILES string of the molecule is O=C(Cc1ccc(Cl)cc1)c1cc2ccc(F)cc2s1. The Labute approximate surface area is 124 Å². The minimum absolute atomic E-state index is 0.0360. The molecule has 0 fully saturated rings. The summed E-state index contributed by atoms with van der Waals surface area (Å²) in [7, 11) is 0. The Morgan fingerprint density at radius 3 is 2.60 bits per heavy atom. The topological polar surface area (TPSA) is 17.1 Å². The van der Waals surface area contributed by atoms with Crippen LogP contribution >= 0.6 is 22.9 Å². The van der Waals surface area contributed by atoms with Gasteiger partial charge in [0, 0.05) is 16.1 Å². The lowest BCUT2D eigenvalue weighted by Crippen LogP contribution is -2.00. The number of fused-ring (bicyclic) bond motifs is 1. The summed E-state index contributed by atoms with van der Waals surface area (Å²) >= 11 is 7.14. The molecule has 0 saturated heterocycles. The lowest BCUT2D eigenvalue weighted by atomic mass is 10.1. The van der Waals surface area contributed by atoms with Gasteiger partial charge >= 0.3 is 0 Å². The largest absolute Gasteiger partial charge is 0.293 e. The van der Waals surface area contributed by atoms with Crippen molar-refractivity contribution in [2.75, 3.05) is 0 Å². The second-order valence-electron chi connectivity index (χ2n) is 4.52. The molecule has 1 aromatic heterocycles. The van der Waals surface area contributed by atoms with Gasteiger partial charge in [-0.25, -0.2) is 4.39 Å². The van der Waals surface area contributed by atoms with Crippen LogP contribution < -0.4 is 0 Å². The van der Waals surface area contributed by atoms with E-state index in [2.05, 4.69) is 0 Å². The molecule has 0 aliphatic carbocycles. The van der Waals surface area contributed by atoms with Crippen LogP contribution in [-0.2, 0) is 6.42 Å². The maximum Gasteiger partial charge on any atom is 0.177 e. The summed E-state index contributed by atoms with van der Waals surface area (Å²) in [5.74, 6) is -0.245. The van der Waals surface area contributed by atoms with Crippen LogP contribution in [0.2, 0.25) is 5.02 Å². The van der Waals surface area contributed by atoms with Crippen LogP contribution in [0, 0.1) is 5.82 Å². The number of ketones is 1. The van der Waals surface area contributed by atoms with Gasteiger partial charge in [0.25, 0.3) is 0 Å². The van der Waals surface area contributed by atoms with Crippen LogP contribution in [0.25, 0.3) is 10.1 Å². The number of halogens is 2. The Hall–Kier alpha value is -1.71. The van der Waals surface area contributed by atoms with Gasteiger partial charge in [0.15, 0.2) is 5.78 Å². The zero-order valence-electron chi connectivity index (χ0n) is 10.4. The number of benzene rings is 2. The van der Waals surface area contributed by atoms with E-state index in [4.69, 9.17) is 11.6 Å². The molecule has 0 aliphatic rings. The van der Waals surface area contributed by atoms with Gasteiger partial charge in [-0.05, 0) is 41.3 Å². The van der Waals surface area contributed by atoms with Crippen LogP contribution in [0.4, 0.5) is 4.39 Å². The third kappa shape index (κ3) is 2.74. The van der Waals surface area contributed by atoms with Gasteiger partial charge in [0.2, 0.25) is 0 Å². The third-order valence-electron chi connectivity index (χ3n) is 3.03. The van der Waals surface area contributed by atoms with E-state index in [0.29, 0.717) is 16.3 Å². The highest BCUT2D eigenvalue weighted by Gasteiger charge is 2.11. The van der Waals surface area contributed by atoms with Gasteiger partial charge in [0.1, 0.15) is 5.82 Å². The molecular formula is C16H10ClFOS. The number of carbonyl (C=O) groups is 1. The molecule has 0 spiro atoms. The normalized spacial score (nSPS) is 10.9. The molecule has 3 aromatic rings. The third-order valence-corrected chi connectivity index (χ3v) is 4.43. The molecule has 0 saturated carbocycles. The average Bonchev–Trinajstić information content (AvgIpc) is 2.84. The predicted molar refractivity (Wildman–Crippen MR) is 81.3 cm³/mol. The molecule has 1 nitrogen and oxygen atoms in total. The van der Waals surface area contributed by atoms with E-state index < -0.39 is 0 Å². The molecule has 4 heteroatoms. The molecule has 0 radical (unpaired) electrons. The van der Waals surface area contributed by atoms with Crippen molar-refractivity contribution >= 4 is 38.8 Å².